The molecule has 20 aromatic carbocycles. The van der Waals surface area contributed by atoms with Gasteiger partial charge in [-0.1, -0.05) is 303 Å². The number of benzene rings is 20. The van der Waals surface area contributed by atoms with E-state index in [2.05, 4.69) is 422 Å². The number of fused-ring (bicyclic) bond motifs is 13. The Kier molecular flexibility index (Phi) is 17.1. The van der Waals surface area contributed by atoms with Gasteiger partial charge in [0.25, 0.3) is 0 Å². The van der Waals surface area contributed by atoms with Gasteiger partial charge in [0.2, 0.25) is 11.8 Å². The molecular formula is C116H72N4O4. The Labute approximate surface area is 714 Å². The molecule has 8 nitrogen and oxygen atoms in total. The fourth-order valence-corrected chi connectivity index (χ4v) is 18.5. The van der Waals surface area contributed by atoms with Gasteiger partial charge in [-0.3, -0.25) is 0 Å². The van der Waals surface area contributed by atoms with Crippen molar-refractivity contribution >= 4 is 133 Å². The predicted molar refractivity (Wildman–Crippen MR) is 512 cm³/mol. The summed E-state index contributed by atoms with van der Waals surface area (Å²) in [6.07, 6.45) is 0. The second kappa shape index (κ2) is 29.7. The zero-order valence-corrected chi connectivity index (χ0v) is 67.0. The molecular weight excluding hydrogens is 1510 g/mol. The average Bonchev–Trinajstić information content (AvgIpc) is 1.36. The Balaban J connectivity index is 0.575. The van der Waals surface area contributed by atoms with Crippen LogP contribution in [-0.2, 0) is 0 Å². The van der Waals surface area contributed by atoms with Crippen LogP contribution in [0.2, 0.25) is 0 Å². The highest BCUT2D eigenvalue weighted by Crippen LogP contribution is 2.51. The molecule has 0 radical (unpaired) electrons. The molecule has 0 saturated heterocycles. The summed E-state index contributed by atoms with van der Waals surface area (Å²) in [4.78, 5) is 15.3. The number of aromatic nitrogens is 2. The smallest absolute Gasteiger partial charge is 0.227 e. The number of hydrogen-bond donors (Lipinski definition) is 0. The molecule has 24 aromatic rings. The number of oxazole rings is 2. The van der Waals surface area contributed by atoms with Crippen molar-refractivity contribution in [1.29, 1.82) is 0 Å². The lowest BCUT2D eigenvalue weighted by Crippen LogP contribution is -2.12. The molecule has 0 fully saturated rings. The lowest BCUT2D eigenvalue weighted by molar-refractivity contribution is 0.620. The predicted octanol–water partition coefficient (Wildman–Crippen LogP) is 32.8. The van der Waals surface area contributed by atoms with Crippen molar-refractivity contribution in [2.24, 2.45) is 0 Å². The van der Waals surface area contributed by atoms with Gasteiger partial charge in [0, 0.05) is 83.4 Å². The van der Waals surface area contributed by atoms with E-state index >= 15 is 0 Å². The molecule has 24 rings (SSSR count). The van der Waals surface area contributed by atoms with Gasteiger partial charge in [0.05, 0.1) is 11.4 Å². The molecule has 0 aliphatic rings. The Morgan fingerprint density at radius 2 is 0.613 bits per heavy atom. The molecule has 0 spiro atoms. The van der Waals surface area contributed by atoms with Crippen molar-refractivity contribution in [3.05, 3.63) is 437 Å². The van der Waals surface area contributed by atoms with Crippen LogP contribution in [0.4, 0.5) is 34.1 Å². The molecule has 0 N–H and O–H groups in total. The van der Waals surface area contributed by atoms with Gasteiger partial charge in [-0.25, -0.2) is 9.97 Å². The van der Waals surface area contributed by atoms with Gasteiger partial charge in [-0.05, 0) is 227 Å². The third-order valence-corrected chi connectivity index (χ3v) is 24.5. The lowest BCUT2D eigenvalue weighted by Gasteiger charge is -2.29. The van der Waals surface area contributed by atoms with Crippen LogP contribution in [0.25, 0.3) is 210 Å². The molecule has 0 unspecified atom stereocenters. The maximum Gasteiger partial charge on any atom is 0.227 e. The van der Waals surface area contributed by atoms with Crippen LogP contribution in [-0.4, -0.2) is 9.97 Å². The highest BCUT2D eigenvalue weighted by molar-refractivity contribution is 6.16. The summed E-state index contributed by atoms with van der Waals surface area (Å²) >= 11 is 0. The summed E-state index contributed by atoms with van der Waals surface area (Å²) < 4.78 is 27.2. The SMILES string of the molecule is c1ccc(-c2ccc(-c3nc4c(o3)c(-c3ccc(-c5ccccc5N(c5cc(-c6ccccc6)cc(-c6cccc(-c7ccc(-c8nc9c(ccc%10c(-c%11cc(N(c%12ccc(-c%13ccccc%13)cc%12)c%12ccc%13c(c%12)oc%12ccccc%12%13)cc%12ccccc%11%12)cccc%109)o8)cc7)c6)c5)c5cccc6c5oc5ccccc56)cc3)cc3ccccc34)cc2)cc1. The Morgan fingerprint density at radius 1 is 0.169 bits per heavy atom. The van der Waals surface area contributed by atoms with Crippen molar-refractivity contribution in [3.8, 4) is 112 Å². The van der Waals surface area contributed by atoms with E-state index in [9.17, 15) is 0 Å². The summed E-state index contributed by atoms with van der Waals surface area (Å²) in [7, 11) is 0. The van der Waals surface area contributed by atoms with Crippen LogP contribution in [0.1, 0.15) is 0 Å². The lowest BCUT2D eigenvalue weighted by atomic mass is 9.92. The van der Waals surface area contributed by atoms with Crippen LogP contribution >= 0.6 is 0 Å². The van der Waals surface area contributed by atoms with Gasteiger partial charge >= 0.3 is 0 Å². The van der Waals surface area contributed by atoms with Gasteiger partial charge < -0.3 is 27.5 Å². The van der Waals surface area contributed by atoms with E-state index in [-0.39, 0.29) is 0 Å². The fourth-order valence-electron chi connectivity index (χ4n) is 18.5. The van der Waals surface area contributed by atoms with Gasteiger partial charge in [0.1, 0.15) is 27.8 Å². The van der Waals surface area contributed by atoms with E-state index in [1.54, 1.807) is 0 Å². The second-order valence-corrected chi connectivity index (χ2v) is 31.8. The zero-order valence-electron chi connectivity index (χ0n) is 67.0. The minimum atomic E-state index is 0.549. The quantitative estimate of drug-likeness (QED) is 0.0946. The summed E-state index contributed by atoms with van der Waals surface area (Å²) in [6.45, 7) is 0. The molecule has 4 heterocycles. The average molecular weight is 1590 g/mol. The highest BCUT2D eigenvalue weighted by Gasteiger charge is 2.27. The number of rotatable bonds is 16. The summed E-state index contributed by atoms with van der Waals surface area (Å²) in [5.74, 6) is 1.13. The first-order chi connectivity index (χ1) is 61.4. The zero-order chi connectivity index (χ0) is 81.7. The maximum absolute atomic E-state index is 7.02. The van der Waals surface area contributed by atoms with Crippen LogP contribution in [0.5, 0.6) is 0 Å². The van der Waals surface area contributed by atoms with Crippen molar-refractivity contribution in [1.82, 2.24) is 9.97 Å². The first-order valence-electron chi connectivity index (χ1n) is 41.9. The van der Waals surface area contributed by atoms with Gasteiger partial charge in [-0.2, -0.15) is 0 Å². The molecule has 0 bridgehead atoms. The van der Waals surface area contributed by atoms with Crippen molar-refractivity contribution in [3.63, 3.8) is 0 Å². The first kappa shape index (κ1) is 71.4. The minimum absolute atomic E-state index is 0.549. The number of para-hydroxylation sites is 4. The van der Waals surface area contributed by atoms with E-state index in [0.717, 1.165) is 222 Å². The Hall–Kier alpha value is -16.7. The van der Waals surface area contributed by atoms with E-state index in [0.29, 0.717) is 17.4 Å². The maximum atomic E-state index is 7.02. The van der Waals surface area contributed by atoms with E-state index < -0.39 is 0 Å². The van der Waals surface area contributed by atoms with Crippen LogP contribution in [0.3, 0.4) is 0 Å². The fraction of sp³-hybridized carbons (Fsp3) is 0. The molecule has 0 amide bonds. The molecule has 580 valence electrons. The van der Waals surface area contributed by atoms with Crippen LogP contribution in [0.15, 0.2) is 454 Å². The van der Waals surface area contributed by atoms with E-state index in [1.165, 1.54) is 5.56 Å². The van der Waals surface area contributed by atoms with Crippen LogP contribution < -0.4 is 9.80 Å². The summed E-state index contributed by atoms with van der Waals surface area (Å²) in [5.41, 5.74) is 31.3. The van der Waals surface area contributed by atoms with Crippen LogP contribution in [0, 0.1) is 0 Å². The van der Waals surface area contributed by atoms with E-state index in [1.807, 2.05) is 24.3 Å². The van der Waals surface area contributed by atoms with E-state index in [4.69, 9.17) is 27.6 Å². The van der Waals surface area contributed by atoms with Crippen molar-refractivity contribution < 1.29 is 17.7 Å². The number of furan rings is 2. The molecule has 4 aromatic heterocycles. The monoisotopic (exact) mass is 1580 g/mol. The second-order valence-electron chi connectivity index (χ2n) is 31.8. The highest BCUT2D eigenvalue weighted by atomic mass is 16.4. The standard InChI is InChI=1S/C116H72N4O4/c1-4-23-73(24-5-1)76-45-53-82(54-46-76)116-118-112-95-35-13-11-30-86(95)70-103(114(112)124-116)80-51-49-79(50-52-80)94-34-14-17-41-105(94)120(106-42-22-40-102-99-37-16-19-44-108(99)122-113(102)106)91-68-87(75-27-8-3-9-28-75)66-88(69-91)84-32-20-31-83(65-84)78-47-55-81(56-48-78)115-117-111-101-39-21-38-96(97(101)63-64-109(111)123-115)104-71-92(67-85-29-10-12-33-93(85)104)119(89-59-57-77(58-60-89)74-25-6-2-7-26-74)90-61-62-100-98-36-15-18-43-107(98)121-110(100)72-90/h1-72H. The third-order valence-electron chi connectivity index (χ3n) is 24.5. The minimum Gasteiger partial charge on any atom is -0.456 e. The Bertz CT molecular complexity index is 8280. The van der Waals surface area contributed by atoms with Crippen molar-refractivity contribution in [2.75, 3.05) is 9.80 Å². The number of nitrogens with zero attached hydrogens (tertiary/aromatic N) is 4. The van der Waals surface area contributed by atoms with Gasteiger partial charge in [-0.15, -0.1) is 0 Å². The van der Waals surface area contributed by atoms with Gasteiger partial charge in [0.15, 0.2) is 16.7 Å². The number of anilines is 6. The Morgan fingerprint density at radius 3 is 1.32 bits per heavy atom. The topological polar surface area (TPSA) is 84.8 Å². The molecule has 8 heteroatoms. The molecule has 0 aliphatic heterocycles. The summed E-state index contributed by atoms with van der Waals surface area (Å²) in [5, 5.41) is 10.7. The largest absolute Gasteiger partial charge is 0.456 e. The molecule has 0 saturated carbocycles. The van der Waals surface area contributed by atoms with Crippen molar-refractivity contribution in [2.45, 2.75) is 0 Å². The number of hydrogen-bond acceptors (Lipinski definition) is 8. The first-order valence-corrected chi connectivity index (χ1v) is 41.9. The summed E-state index contributed by atoms with van der Waals surface area (Å²) in [6, 6.07) is 156. The third kappa shape index (κ3) is 12.5. The molecule has 0 atom stereocenters. The molecule has 0 aliphatic carbocycles. The molecule has 124 heavy (non-hydrogen) atoms. The normalized spacial score (nSPS) is 11.7.